The summed E-state index contributed by atoms with van der Waals surface area (Å²) < 4.78 is 37.9. The van der Waals surface area contributed by atoms with Crippen LogP contribution in [-0.4, -0.2) is 53.4 Å². The smallest absolute Gasteiger partial charge is 0.474 e. The fourth-order valence-corrected chi connectivity index (χ4v) is 5.03. The Morgan fingerprint density at radius 2 is 1.77 bits per heavy atom. The van der Waals surface area contributed by atoms with Crippen molar-refractivity contribution in [3.05, 3.63) is 87.9 Å². The molecular weight excluding hydrogens is 598 g/mol. The number of alkyl halides is 2. The second-order valence-electron chi connectivity index (χ2n) is 11.4. The van der Waals surface area contributed by atoms with Crippen LogP contribution in [0.3, 0.4) is 0 Å². The number of halogens is 3. The van der Waals surface area contributed by atoms with Crippen molar-refractivity contribution in [2.45, 2.75) is 52.4 Å². The third-order valence-electron chi connectivity index (χ3n) is 7.33. The maximum atomic E-state index is 14.1. The summed E-state index contributed by atoms with van der Waals surface area (Å²) in [5.41, 5.74) is 3.16. The summed E-state index contributed by atoms with van der Waals surface area (Å²) in [4.78, 5) is 39.6. The summed E-state index contributed by atoms with van der Waals surface area (Å²) in [5, 5.41) is 21.6. The molecule has 44 heavy (non-hydrogen) atoms. The van der Waals surface area contributed by atoms with E-state index in [1.54, 1.807) is 32.0 Å². The fraction of sp³-hybridized carbons (Fsp3) is 0.344. The Labute approximate surface area is 258 Å². The van der Waals surface area contributed by atoms with E-state index in [0.29, 0.717) is 16.3 Å². The number of nitrogens with zero attached hydrogens (tertiary/aromatic N) is 1. The topological polar surface area (TPSA) is 125 Å². The van der Waals surface area contributed by atoms with Crippen molar-refractivity contribution in [3.63, 3.8) is 0 Å². The molecule has 4 rings (SSSR count). The minimum atomic E-state index is -4.48. The van der Waals surface area contributed by atoms with Crippen molar-refractivity contribution in [3.8, 4) is 5.75 Å². The average molecular weight is 631 g/mol. The molecule has 3 aromatic carbocycles. The number of hydrogen-bond donors (Lipinski definition) is 3. The van der Waals surface area contributed by atoms with Crippen LogP contribution in [-0.2, 0) is 19.1 Å². The highest BCUT2D eigenvalue weighted by atomic mass is 35.5. The molecule has 0 saturated carbocycles. The van der Waals surface area contributed by atoms with Gasteiger partial charge < -0.3 is 29.9 Å². The average Bonchev–Trinajstić information content (AvgIpc) is 3.04. The molecule has 0 unspecified atom stereocenters. The van der Waals surface area contributed by atoms with Crippen LogP contribution in [0.25, 0.3) is 0 Å². The molecule has 2 atom stereocenters. The number of anilines is 2. The van der Waals surface area contributed by atoms with Crippen LogP contribution in [0.4, 0.5) is 20.2 Å². The van der Waals surface area contributed by atoms with Crippen LogP contribution >= 0.6 is 11.6 Å². The highest BCUT2D eigenvalue weighted by Gasteiger charge is 2.43. The number of amides is 2. The van der Waals surface area contributed by atoms with Crippen LogP contribution < -0.4 is 15.0 Å². The Balaban J connectivity index is 1.71. The van der Waals surface area contributed by atoms with Gasteiger partial charge in [0.25, 0.3) is 5.91 Å². The zero-order valence-corrected chi connectivity index (χ0v) is 25.3. The number of aliphatic carboxylic acids is 1. The van der Waals surface area contributed by atoms with Crippen LogP contribution in [0, 0.1) is 19.3 Å². The minimum absolute atomic E-state index is 0.0363. The number of carbonyl (C=O) groups is 3. The second-order valence-corrected chi connectivity index (χ2v) is 11.9. The number of aliphatic hydroxyl groups is 1. The number of hydrogen-bond acceptors (Lipinski definition) is 6. The van der Waals surface area contributed by atoms with Gasteiger partial charge in [-0.15, -0.1) is 0 Å². The number of carboxylic acids is 1. The number of aliphatic hydroxyl groups excluding tert-OH is 1. The van der Waals surface area contributed by atoms with E-state index in [9.17, 15) is 28.3 Å². The van der Waals surface area contributed by atoms with E-state index >= 15 is 0 Å². The molecule has 0 saturated heterocycles. The van der Waals surface area contributed by atoms with E-state index in [4.69, 9.17) is 21.4 Å². The number of carboxylic acid groups (broad SMARTS) is 1. The maximum Gasteiger partial charge on any atom is 0.501 e. The van der Waals surface area contributed by atoms with Crippen LogP contribution in [0.1, 0.15) is 48.6 Å². The first-order valence-electron chi connectivity index (χ1n) is 13.8. The van der Waals surface area contributed by atoms with Gasteiger partial charge in [-0.05, 0) is 60.9 Å². The Morgan fingerprint density at radius 3 is 2.45 bits per heavy atom. The molecule has 0 aromatic heterocycles. The molecule has 3 aromatic rings. The van der Waals surface area contributed by atoms with Crippen molar-refractivity contribution in [2.24, 2.45) is 5.41 Å². The summed E-state index contributed by atoms with van der Waals surface area (Å²) in [6.07, 6.45) is -7.01. The number of fused-ring (bicyclic) bond motifs is 1. The normalized spacial score (nSPS) is 17.1. The summed E-state index contributed by atoms with van der Waals surface area (Å²) >= 11 is 6.43. The molecule has 12 heteroatoms. The number of aryl methyl sites for hydroxylation is 1. The van der Waals surface area contributed by atoms with Gasteiger partial charge in [-0.3, -0.25) is 9.59 Å². The van der Waals surface area contributed by atoms with Gasteiger partial charge >= 0.3 is 12.1 Å². The number of nitrogens with one attached hydrogen (secondary N) is 1. The van der Waals surface area contributed by atoms with Crippen molar-refractivity contribution < 1.29 is 42.9 Å². The van der Waals surface area contributed by atoms with Gasteiger partial charge in [0, 0.05) is 46.6 Å². The minimum Gasteiger partial charge on any atom is -0.474 e. The maximum absolute atomic E-state index is 14.1. The van der Waals surface area contributed by atoms with Gasteiger partial charge in [-0.2, -0.15) is 8.78 Å². The molecule has 3 N–H and O–H groups in total. The third kappa shape index (κ3) is 7.35. The quantitative estimate of drug-likeness (QED) is 0.255. The lowest BCUT2D eigenvalue weighted by molar-refractivity contribution is -0.210. The van der Waals surface area contributed by atoms with E-state index in [1.807, 2.05) is 32.0 Å². The Kier molecular flexibility index (Phi) is 9.62. The highest BCUT2D eigenvalue weighted by Crippen LogP contribution is 2.42. The summed E-state index contributed by atoms with van der Waals surface area (Å²) in [5.74, 6) is -4.14. The molecule has 9 nitrogen and oxygen atoms in total. The summed E-state index contributed by atoms with van der Waals surface area (Å²) in [6, 6.07) is 15.6. The van der Waals surface area contributed by atoms with E-state index in [2.05, 4.69) is 10.1 Å². The Bertz CT molecular complexity index is 1580. The largest absolute Gasteiger partial charge is 0.501 e. The Morgan fingerprint density at radius 1 is 1.07 bits per heavy atom. The Hall–Kier alpha value is -4.06. The van der Waals surface area contributed by atoms with E-state index in [-0.39, 0.29) is 18.8 Å². The van der Waals surface area contributed by atoms with Crippen molar-refractivity contribution in [1.29, 1.82) is 0 Å². The van der Waals surface area contributed by atoms with Crippen LogP contribution in [0.15, 0.2) is 60.7 Å². The lowest BCUT2D eigenvalue weighted by Gasteiger charge is -2.32. The number of carbonyl (C=O) groups excluding carboxylic acids is 2. The number of benzene rings is 3. The van der Waals surface area contributed by atoms with Crippen LogP contribution in [0.2, 0.25) is 5.02 Å². The number of rotatable bonds is 10. The van der Waals surface area contributed by atoms with E-state index < -0.39 is 53.7 Å². The first-order valence-corrected chi connectivity index (χ1v) is 14.1. The standard InChI is InChI=1S/C32H33ClF2N2O7/c1-18-7-5-10-23(19(18)2)28-24-13-20(33)11-12-25(24)37(16-31(3,4)17-38)29(40)26(43-28)15-27(39)36-21-8-6-9-22(14-21)44-32(34,35)30(41)42/h5-14,26,28,38H,15-17H2,1-4H3,(H,36,39)(H,41,42)/t26-,28+/m1/s1. The summed E-state index contributed by atoms with van der Waals surface area (Å²) in [6.45, 7) is 7.37. The first-order chi connectivity index (χ1) is 20.6. The molecule has 0 spiro atoms. The predicted molar refractivity (Wildman–Crippen MR) is 160 cm³/mol. The third-order valence-corrected chi connectivity index (χ3v) is 7.57. The monoisotopic (exact) mass is 630 g/mol. The van der Waals surface area contributed by atoms with E-state index in [0.717, 1.165) is 28.8 Å². The molecule has 1 heterocycles. The molecule has 0 radical (unpaired) electrons. The SMILES string of the molecule is Cc1cccc([C@@H]2O[C@H](CC(=O)Nc3cccc(OC(F)(F)C(=O)O)c3)C(=O)N(CC(C)(C)CO)c3ccc(Cl)cc32)c1C. The van der Waals surface area contributed by atoms with E-state index in [1.165, 1.54) is 17.0 Å². The van der Waals surface area contributed by atoms with Gasteiger partial charge in [0.05, 0.1) is 6.42 Å². The molecular formula is C32H33ClF2N2O7. The lowest BCUT2D eigenvalue weighted by atomic mass is 9.91. The zero-order valence-electron chi connectivity index (χ0n) is 24.6. The van der Waals surface area contributed by atoms with Crippen molar-refractivity contribution in [1.82, 2.24) is 0 Å². The molecule has 2 amide bonds. The second kappa shape index (κ2) is 12.9. The highest BCUT2D eigenvalue weighted by molar-refractivity contribution is 6.30. The number of ether oxygens (including phenoxy) is 2. The molecule has 1 aliphatic rings. The van der Waals surface area contributed by atoms with Crippen molar-refractivity contribution in [2.75, 3.05) is 23.4 Å². The van der Waals surface area contributed by atoms with Gasteiger partial charge in [0.1, 0.15) is 18.0 Å². The first kappa shape index (κ1) is 32.8. The molecule has 0 aliphatic carbocycles. The lowest BCUT2D eigenvalue weighted by Crippen LogP contribution is -2.46. The fourth-order valence-electron chi connectivity index (χ4n) is 4.85. The molecule has 0 bridgehead atoms. The van der Waals surface area contributed by atoms with Crippen LogP contribution in [0.5, 0.6) is 5.75 Å². The summed E-state index contributed by atoms with van der Waals surface area (Å²) in [7, 11) is 0. The predicted octanol–water partition coefficient (Wildman–Crippen LogP) is 5.88. The zero-order chi connectivity index (χ0) is 32.4. The molecule has 0 fully saturated rings. The van der Waals surface area contributed by atoms with Crippen molar-refractivity contribution >= 4 is 40.8 Å². The van der Waals surface area contributed by atoms with Gasteiger partial charge in [0.15, 0.2) is 0 Å². The molecule has 1 aliphatic heterocycles. The van der Waals surface area contributed by atoms with Gasteiger partial charge in [-0.1, -0.05) is 49.7 Å². The van der Waals surface area contributed by atoms with Gasteiger partial charge in [0.2, 0.25) is 5.91 Å². The molecule has 234 valence electrons. The van der Waals surface area contributed by atoms with Gasteiger partial charge in [-0.25, -0.2) is 4.79 Å².